The SMILES string of the molecule is CCOCCOC1(C)CCC(O[Si](CC)(CC)CC)CC(=O)OC(/C(C)=C/C=C/C(C)CC2OC2C(C)C(CC)OC(=O)Nc2ccccc2)C(C)/C=C/C1OC(=O)Oc1ccc([N+](=O)[O-])cc1. The zero-order valence-corrected chi connectivity index (χ0v) is 42.8. The minimum Gasteiger partial charge on any atom is -0.457 e. The summed E-state index contributed by atoms with van der Waals surface area (Å²) in [5.41, 5.74) is 0.216. The number of cyclic esters (lactones) is 1. The molecule has 2 aromatic rings. The maximum atomic E-state index is 14.0. The third-order valence-corrected chi connectivity index (χ3v) is 17.9. The van der Waals surface area contributed by atoms with E-state index in [1.807, 2.05) is 83.2 Å². The number of anilines is 1. The van der Waals surface area contributed by atoms with Gasteiger partial charge in [-0.3, -0.25) is 20.2 Å². The number of epoxide rings is 1. The number of rotatable bonds is 23. The van der Waals surface area contributed by atoms with Crippen LogP contribution in [-0.4, -0.2) is 93.5 Å². The van der Waals surface area contributed by atoms with Crippen LogP contribution >= 0.6 is 0 Å². The minimum absolute atomic E-state index is 0.00930. The third-order valence-electron chi connectivity index (χ3n) is 13.2. The molecular formula is C52H76N2O13Si. The van der Waals surface area contributed by atoms with Crippen molar-refractivity contribution < 1.29 is 56.9 Å². The minimum atomic E-state index is -2.21. The summed E-state index contributed by atoms with van der Waals surface area (Å²) in [5, 5.41) is 14.0. The summed E-state index contributed by atoms with van der Waals surface area (Å²) in [6, 6.07) is 17.0. The van der Waals surface area contributed by atoms with Crippen LogP contribution in [0.25, 0.3) is 0 Å². The lowest BCUT2D eigenvalue weighted by atomic mass is 9.88. The number of amides is 1. The van der Waals surface area contributed by atoms with Gasteiger partial charge in [-0.05, 0) is 106 Å². The molecule has 16 heteroatoms. The number of esters is 1. The van der Waals surface area contributed by atoms with Gasteiger partial charge in [0, 0.05) is 36.3 Å². The van der Waals surface area contributed by atoms with Crippen LogP contribution in [0.3, 0.4) is 0 Å². The van der Waals surface area contributed by atoms with E-state index < -0.39 is 49.4 Å². The number of nitrogens with zero attached hydrogens (tertiary/aromatic N) is 1. The van der Waals surface area contributed by atoms with E-state index in [0.29, 0.717) is 38.2 Å². The Morgan fingerprint density at radius 2 is 1.69 bits per heavy atom. The number of para-hydroxylation sites is 1. The number of benzene rings is 2. The van der Waals surface area contributed by atoms with E-state index in [1.54, 1.807) is 6.08 Å². The van der Waals surface area contributed by atoms with Gasteiger partial charge in [-0.15, -0.1) is 0 Å². The molecule has 68 heavy (non-hydrogen) atoms. The van der Waals surface area contributed by atoms with E-state index >= 15 is 0 Å². The summed E-state index contributed by atoms with van der Waals surface area (Å²) >= 11 is 0. The molecule has 0 radical (unpaired) electrons. The Kier molecular flexibility index (Phi) is 22.4. The lowest BCUT2D eigenvalue weighted by Gasteiger charge is -2.39. The lowest BCUT2D eigenvalue weighted by molar-refractivity contribution is -0.384. The molecule has 0 aliphatic carbocycles. The Labute approximate surface area is 404 Å². The number of hydrogen-bond donors (Lipinski definition) is 1. The maximum Gasteiger partial charge on any atom is 0.514 e. The molecule has 0 bridgehead atoms. The second-order valence-corrected chi connectivity index (χ2v) is 23.0. The molecule has 2 heterocycles. The first-order chi connectivity index (χ1) is 32.5. The molecule has 0 aromatic heterocycles. The molecule has 10 atom stereocenters. The molecular weight excluding hydrogens is 889 g/mol. The topological polar surface area (TPSA) is 184 Å². The average molecular weight is 965 g/mol. The molecule has 376 valence electrons. The number of hydrogen-bond acceptors (Lipinski definition) is 13. The zero-order chi connectivity index (χ0) is 49.9. The summed E-state index contributed by atoms with van der Waals surface area (Å²) in [6.07, 6.45) is 7.95. The van der Waals surface area contributed by atoms with E-state index in [-0.39, 0.29) is 66.5 Å². The van der Waals surface area contributed by atoms with Gasteiger partial charge in [-0.25, -0.2) is 9.59 Å². The Hall–Kier alpha value is -4.87. The van der Waals surface area contributed by atoms with Crippen LogP contribution < -0.4 is 10.1 Å². The normalized spacial score (nSPS) is 25.4. The van der Waals surface area contributed by atoms with Crippen molar-refractivity contribution in [3.8, 4) is 5.75 Å². The van der Waals surface area contributed by atoms with Gasteiger partial charge < -0.3 is 37.6 Å². The second-order valence-electron chi connectivity index (χ2n) is 18.2. The Morgan fingerprint density at radius 1 is 1.00 bits per heavy atom. The lowest BCUT2D eigenvalue weighted by Crippen LogP contribution is -2.47. The summed E-state index contributed by atoms with van der Waals surface area (Å²) in [5.74, 6) is -0.510. The Morgan fingerprint density at radius 3 is 2.32 bits per heavy atom. The highest BCUT2D eigenvalue weighted by Gasteiger charge is 2.46. The molecule has 0 spiro atoms. The number of nitro groups is 1. The van der Waals surface area contributed by atoms with Gasteiger partial charge in [-0.2, -0.15) is 0 Å². The highest BCUT2D eigenvalue weighted by molar-refractivity contribution is 6.73. The van der Waals surface area contributed by atoms with Crippen molar-refractivity contribution in [2.45, 2.75) is 162 Å². The van der Waals surface area contributed by atoms with Gasteiger partial charge >= 0.3 is 18.2 Å². The summed E-state index contributed by atoms with van der Waals surface area (Å²) in [6.45, 7) is 21.3. The van der Waals surface area contributed by atoms with Gasteiger partial charge in [0.05, 0.1) is 42.9 Å². The van der Waals surface area contributed by atoms with Crippen molar-refractivity contribution in [2.75, 3.05) is 25.1 Å². The number of non-ortho nitro benzene ring substituents is 1. The molecule has 1 amide bonds. The Balaban J connectivity index is 1.55. The predicted molar refractivity (Wildman–Crippen MR) is 264 cm³/mol. The second kappa shape index (κ2) is 27.4. The number of allylic oxidation sites excluding steroid dienone is 3. The van der Waals surface area contributed by atoms with Crippen LogP contribution in [0.2, 0.25) is 18.1 Å². The van der Waals surface area contributed by atoms with Crippen molar-refractivity contribution in [1.29, 1.82) is 0 Å². The molecule has 15 nitrogen and oxygen atoms in total. The fourth-order valence-corrected chi connectivity index (χ4v) is 11.6. The molecule has 10 unspecified atom stereocenters. The van der Waals surface area contributed by atoms with Crippen LogP contribution in [0.15, 0.2) is 90.6 Å². The first-order valence-electron chi connectivity index (χ1n) is 24.4. The number of nitro benzene ring substituents is 1. The quantitative estimate of drug-likeness (QED) is 0.0106. The predicted octanol–water partition coefficient (Wildman–Crippen LogP) is 11.9. The summed E-state index contributed by atoms with van der Waals surface area (Å²) < 4.78 is 49.0. The van der Waals surface area contributed by atoms with E-state index in [0.717, 1.165) is 30.1 Å². The van der Waals surface area contributed by atoms with E-state index in [1.165, 1.54) is 24.3 Å². The highest BCUT2D eigenvalue weighted by atomic mass is 28.4. The number of ether oxygens (including phenoxy) is 7. The molecule has 1 fully saturated rings. The van der Waals surface area contributed by atoms with Crippen LogP contribution in [0.4, 0.5) is 21.0 Å². The van der Waals surface area contributed by atoms with Gasteiger partial charge in [0.2, 0.25) is 0 Å². The standard InChI is InChI=1S/C52H76N2O13Si/c1-11-44(64-50(56)53-40-22-17-16-18-23-40)39(9)49-45(63-49)34-36(6)20-19-21-37(7)48-38(8)24-29-46(65-51(57)62-42-27-25-41(26-28-42)54(58)59)52(10,61-33-32-60-12-2)31-30-43(35-47(55)66-48)67-68(13-3,14-4)15-5/h16-29,36,38-39,43-46,48-49H,11-15,30-35H2,1-10H3,(H,53,56)/b20-19+,29-24+,37-21+. The first-order valence-corrected chi connectivity index (χ1v) is 26.9. The van der Waals surface area contributed by atoms with Crippen molar-refractivity contribution in [3.05, 3.63) is 101 Å². The van der Waals surface area contributed by atoms with Crippen molar-refractivity contribution in [1.82, 2.24) is 0 Å². The van der Waals surface area contributed by atoms with Gasteiger partial charge in [0.25, 0.3) is 5.69 Å². The number of nitrogens with one attached hydrogen (secondary N) is 1. The fourth-order valence-electron chi connectivity index (χ4n) is 8.70. The number of carbonyl (C=O) groups is 3. The smallest absolute Gasteiger partial charge is 0.457 e. The van der Waals surface area contributed by atoms with Crippen molar-refractivity contribution in [2.24, 2.45) is 17.8 Å². The largest absolute Gasteiger partial charge is 0.514 e. The van der Waals surface area contributed by atoms with Gasteiger partial charge in [0.15, 0.2) is 14.4 Å². The molecule has 4 rings (SSSR count). The summed E-state index contributed by atoms with van der Waals surface area (Å²) in [4.78, 5) is 50.9. The van der Waals surface area contributed by atoms with Crippen molar-refractivity contribution in [3.63, 3.8) is 0 Å². The molecule has 1 N–H and O–H groups in total. The van der Waals surface area contributed by atoms with Gasteiger partial charge in [0.1, 0.15) is 23.6 Å². The monoisotopic (exact) mass is 965 g/mol. The Bertz CT molecular complexity index is 1980. The molecule has 2 aromatic carbocycles. The van der Waals surface area contributed by atoms with Crippen LogP contribution in [0.5, 0.6) is 5.75 Å². The third kappa shape index (κ3) is 17.3. The van der Waals surface area contributed by atoms with Crippen LogP contribution in [0.1, 0.15) is 101 Å². The van der Waals surface area contributed by atoms with Gasteiger partial charge in [-0.1, -0.05) is 91.0 Å². The summed E-state index contributed by atoms with van der Waals surface area (Å²) in [7, 11) is -2.21. The highest BCUT2D eigenvalue weighted by Crippen LogP contribution is 2.38. The van der Waals surface area contributed by atoms with E-state index in [4.69, 9.17) is 37.6 Å². The van der Waals surface area contributed by atoms with Crippen LogP contribution in [0, 0.1) is 27.9 Å². The molecule has 1 saturated heterocycles. The fraction of sp³-hybridized carbons (Fsp3) is 0.596. The van der Waals surface area contributed by atoms with E-state index in [9.17, 15) is 24.5 Å². The van der Waals surface area contributed by atoms with E-state index in [2.05, 4.69) is 46.0 Å². The average Bonchev–Trinajstić information content (AvgIpc) is 4.09. The molecule has 0 saturated carbocycles. The molecule has 2 aliphatic rings. The van der Waals surface area contributed by atoms with Crippen molar-refractivity contribution >= 4 is 37.9 Å². The van der Waals surface area contributed by atoms with Crippen LogP contribution in [-0.2, 0) is 37.6 Å². The molecule has 2 aliphatic heterocycles. The maximum absolute atomic E-state index is 14.0. The number of carbonyl (C=O) groups excluding carboxylic acids is 3. The first kappa shape index (κ1) is 55.7. The zero-order valence-electron chi connectivity index (χ0n) is 41.8.